The van der Waals surface area contributed by atoms with E-state index in [0.29, 0.717) is 11.6 Å². The summed E-state index contributed by atoms with van der Waals surface area (Å²) in [6.45, 7) is 1.52. The molecule has 0 bridgehead atoms. The number of halogens is 4. The maximum absolute atomic E-state index is 13.3. The molecule has 1 heterocycles. The topological polar surface area (TPSA) is 67.4 Å². The number of allylic oxidation sites excluding steroid dienone is 2. The number of nitrogens with one attached hydrogen (secondary N) is 2. The molecule has 0 radical (unpaired) electrons. The highest BCUT2D eigenvalue weighted by molar-refractivity contribution is 5.98. The molecule has 30 heavy (non-hydrogen) atoms. The number of ether oxygens (including phenoxy) is 1. The molecule has 1 amide bonds. The summed E-state index contributed by atoms with van der Waals surface area (Å²) in [5.74, 6) is 0.0579. The van der Waals surface area contributed by atoms with Gasteiger partial charge in [-0.3, -0.25) is 4.79 Å². The normalized spacial score (nSPS) is 13.2. The Morgan fingerprint density at radius 2 is 1.90 bits per heavy atom. The second-order valence-corrected chi connectivity index (χ2v) is 6.27. The van der Waals surface area contributed by atoms with Crippen molar-refractivity contribution in [1.29, 1.82) is 0 Å². The smallest absolute Gasteiger partial charge is 0.416 e. The summed E-state index contributed by atoms with van der Waals surface area (Å²) in [5.41, 5.74) is -0.569. The van der Waals surface area contributed by atoms with Crippen molar-refractivity contribution in [1.82, 2.24) is 10.6 Å². The monoisotopic (exact) mass is 418 g/mol. The lowest BCUT2D eigenvalue weighted by Crippen LogP contribution is -2.25. The Morgan fingerprint density at radius 1 is 1.13 bits per heavy atom. The minimum atomic E-state index is -4.66. The number of rotatable bonds is 4. The highest BCUT2D eigenvalue weighted by Gasteiger charge is 2.32. The van der Waals surface area contributed by atoms with Crippen LogP contribution in [0.4, 0.5) is 17.6 Å². The lowest BCUT2D eigenvalue weighted by atomic mass is 10.1. The van der Waals surface area contributed by atoms with Gasteiger partial charge in [-0.25, -0.2) is 9.18 Å². The fourth-order valence-corrected chi connectivity index (χ4v) is 2.62. The number of hydrogen-bond donors (Lipinski definition) is 2. The Kier molecular flexibility index (Phi) is 5.75. The lowest BCUT2D eigenvalue weighted by Gasteiger charge is -2.16. The Hall–Kier alpha value is -3.84. The van der Waals surface area contributed by atoms with Crippen LogP contribution in [0.25, 0.3) is 0 Å². The largest absolute Gasteiger partial charge is 0.456 e. The third kappa shape index (κ3) is 4.76. The van der Waals surface area contributed by atoms with E-state index in [1.54, 1.807) is 5.94 Å². The highest BCUT2D eigenvalue weighted by Crippen LogP contribution is 2.35. The van der Waals surface area contributed by atoms with Gasteiger partial charge in [-0.15, -0.1) is 0 Å². The molecule has 1 aliphatic heterocycles. The molecule has 0 saturated carbocycles. The molecule has 0 fully saturated rings. The van der Waals surface area contributed by atoms with Crippen LogP contribution in [0.2, 0.25) is 0 Å². The first-order chi connectivity index (χ1) is 14.2. The van der Waals surface area contributed by atoms with Crippen LogP contribution in [0, 0.1) is 12.7 Å². The molecule has 3 rings (SSSR count). The van der Waals surface area contributed by atoms with E-state index in [9.17, 15) is 27.2 Å². The molecular weight excluding hydrogens is 404 g/mol. The average molecular weight is 418 g/mol. The summed E-state index contributed by atoms with van der Waals surface area (Å²) >= 11 is 0. The van der Waals surface area contributed by atoms with Gasteiger partial charge >= 0.3 is 6.18 Å². The van der Waals surface area contributed by atoms with Crippen molar-refractivity contribution in [2.24, 2.45) is 0 Å². The number of carbonyl (C=O) groups excluding carboxylic acids is 2. The number of aryl methyl sites for hydroxylation is 1. The van der Waals surface area contributed by atoms with Gasteiger partial charge in [-0.05, 0) is 61.0 Å². The molecule has 5 nitrogen and oxygen atoms in total. The van der Waals surface area contributed by atoms with Crippen LogP contribution in [-0.2, 0) is 11.0 Å². The first-order valence-corrected chi connectivity index (χ1v) is 8.54. The van der Waals surface area contributed by atoms with Crippen molar-refractivity contribution >= 4 is 11.8 Å². The third-order valence-electron chi connectivity index (χ3n) is 4.08. The minimum Gasteiger partial charge on any atom is -0.456 e. The molecule has 9 heteroatoms. The number of amides is 1. The zero-order valence-electron chi connectivity index (χ0n) is 15.4. The number of carbonyl (C=O) groups is 1. The number of hydrogen-bond acceptors (Lipinski definition) is 4. The molecule has 154 valence electrons. The summed E-state index contributed by atoms with van der Waals surface area (Å²) in [6, 6.07) is 5.93. The van der Waals surface area contributed by atoms with E-state index < -0.39 is 23.5 Å². The summed E-state index contributed by atoms with van der Waals surface area (Å²) in [4.78, 5) is 23.4. The number of alkyl halides is 3. The summed E-state index contributed by atoms with van der Waals surface area (Å²) in [6.07, 6.45) is -0.510. The van der Waals surface area contributed by atoms with Crippen molar-refractivity contribution < 1.29 is 31.9 Å². The third-order valence-corrected chi connectivity index (χ3v) is 4.08. The SMILES string of the molecule is Cc1cc(F)ccc1Oc1cc(C(F)(F)F)ccc1C(=O)NC1=CC(=C=O)NC=C1. The Balaban J connectivity index is 1.98. The molecule has 0 spiro atoms. The summed E-state index contributed by atoms with van der Waals surface area (Å²) < 4.78 is 58.3. The van der Waals surface area contributed by atoms with E-state index in [0.717, 1.165) is 24.3 Å². The van der Waals surface area contributed by atoms with E-state index in [1.807, 2.05) is 0 Å². The van der Waals surface area contributed by atoms with Gasteiger partial charge in [0.25, 0.3) is 5.91 Å². The van der Waals surface area contributed by atoms with Crippen molar-refractivity contribution in [2.75, 3.05) is 0 Å². The summed E-state index contributed by atoms with van der Waals surface area (Å²) in [5, 5.41) is 5.08. The fourth-order valence-electron chi connectivity index (χ4n) is 2.62. The molecule has 2 aromatic carbocycles. The van der Waals surface area contributed by atoms with Crippen LogP contribution >= 0.6 is 0 Å². The molecule has 2 aromatic rings. The minimum absolute atomic E-state index is 0.0682. The fraction of sp³-hybridized carbons (Fsp3) is 0.0952. The quantitative estimate of drug-likeness (QED) is 0.571. The molecular formula is C21H14F4N2O3. The molecule has 0 saturated heterocycles. The molecule has 1 aliphatic rings. The second kappa shape index (κ2) is 8.26. The van der Waals surface area contributed by atoms with E-state index in [2.05, 4.69) is 10.6 Å². The lowest BCUT2D eigenvalue weighted by molar-refractivity contribution is -0.137. The second-order valence-electron chi connectivity index (χ2n) is 6.27. The number of benzene rings is 2. The van der Waals surface area contributed by atoms with Gasteiger partial charge in [0.1, 0.15) is 23.0 Å². The van der Waals surface area contributed by atoms with Gasteiger partial charge in [0.2, 0.25) is 0 Å². The number of dihydropyridines is 1. The molecule has 0 unspecified atom stereocenters. The van der Waals surface area contributed by atoms with E-state index in [-0.39, 0.29) is 28.5 Å². The van der Waals surface area contributed by atoms with Crippen LogP contribution in [0.5, 0.6) is 11.5 Å². The van der Waals surface area contributed by atoms with Crippen molar-refractivity contribution in [2.45, 2.75) is 13.1 Å². The first-order valence-electron chi connectivity index (χ1n) is 8.54. The van der Waals surface area contributed by atoms with Gasteiger partial charge in [0.15, 0.2) is 5.94 Å². The molecule has 0 aliphatic carbocycles. The van der Waals surface area contributed by atoms with Crippen molar-refractivity contribution in [3.63, 3.8) is 0 Å². The zero-order valence-corrected chi connectivity index (χ0v) is 15.4. The Labute approximate surface area is 168 Å². The van der Waals surface area contributed by atoms with E-state index >= 15 is 0 Å². The summed E-state index contributed by atoms with van der Waals surface area (Å²) in [7, 11) is 0. The van der Waals surface area contributed by atoms with Crippen molar-refractivity contribution in [3.8, 4) is 11.5 Å². The van der Waals surface area contributed by atoms with Gasteiger partial charge < -0.3 is 15.4 Å². The van der Waals surface area contributed by atoms with Crippen LogP contribution in [0.1, 0.15) is 21.5 Å². The van der Waals surface area contributed by atoms with Crippen LogP contribution < -0.4 is 15.4 Å². The Morgan fingerprint density at radius 3 is 2.57 bits per heavy atom. The predicted molar refractivity (Wildman–Crippen MR) is 99.7 cm³/mol. The van der Waals surface area contributed by atoms with Crippen LogP contribution in [0.3, 0.4) is 0 Å². The van der Waals surface area contributed by atoms with Gasteiger partial charge in [-0.2, -0.15) is 13.2 Å². The zero-order chi connectivity index (χ0) is 21.9. The van der Waals surface area contributed by atoms with Gasteiger partial charge in [0, 0.05) is 11.9 Å². The van der Waals surface area contributed by atoms with Gasteiger partial charge in [0.05, 0.1) is 11.1 Å². The standard InChI is InChI=1S/C21H14F4N2O3/c1-12-8-14(22)3-5-18(12)30-19-9-13(21(23,24)25)2-4-17(19)20(29)27-15-6-7-26-16(10-15)11-28/h2-10,26H,1H3,(H,27,29). The van der Waals surface area contributed by atoms with Gasteiger partial charge in [-0.1, -0.05) is 0 Å². The average Bonchev–Trinajstić information content (AvgIpc) is 2.69. The maximum Gasteiger partial charge on any atom is 0.416 e. The van der Waals surface area contributed by atoms with E-state index in [1.165, 1.54) is 31.3 Å². The predicted octanol–water partition coefficient (Wildman–Crippen LogP) is 4.39. The molecule has 0 atom stereocenters. The Bertz CT molecular complexity index is 1110. The highest BCUT2D eigenvalue weighted by atomic mass is 19.4. The van der Waals surface area contributed by atoms with Crippen LogP contribution in [0.15, 0.2) is 66.1 Å². The maximum atomic E-state index is 13.3. The molecule has 2 N–H and O–H groups in total. The first kappa shape index (κ1) is 20.9. The van der Waals surface area contributed by atoms with E-state index in [4.69, 9.17) is 4.74 Å². The van der Waals surface area contributed by atoms with Crippen molar-refractivity contribution in [3.05, 3.63) is 88.7 Å². The molecule has 0 aromatic heterocycles. The van der Waals surface area contributed by atoms with Crippen LogP contribution in [-0.4, -0.2) is 11.8 Å².